The average molecular weight is 424 g/mol. The number of nitrogens with one attached hydrogen (secondary N) is 1. The molecule has 0 atom stereocenters. The Morgan fingerprint density at radius 3 is 2.37 bits per heavy atom. The number of rotatable bonds is 4. The maximum absolute atomic E-state index is 13.2. The van der Waals surface area contributed by atoms with Crippen LogP contribution in [-0.4, -0.2) is 22.4 Å². The highest BCUT2D eigenvalue weighted by atomic mass is 35.5. The maximum atomic E-state index is 13.2. The van der Waals surface area contributed by atoms with Gasteiger partial charge in [-0.25, -0.2) is 14.1 Å². The molecule has 30 heavy (non-hydrogen) atoms. The summed E-state index contributed by atoms with van der Waals surface area (Å²) >= 11 is 5.92. The lowest BCUT2D eigenvalue weighted by atomic mass is 10.1. The fraction of sp³-hybridized carbons (Fsp3) is 0.0455. The zero-order valence-corrected chi connectivity index (χ0v) is 16.3. The molecular formula is C22H15ClFN3O3. The zero-order valence-electron chi connectivity index (χ0n) is 15.5. The molecule has 0 bridgehead atoms. The normalized spacial score (nSPS) is 15.6. The zero-order chi connectivity index (χ0) is 21.3. The third-order valence-electron chi connectivity index (χ3n) is 4.61. The van der Waals surface area contributed by atoms with Gasteiger partial charge in [0.05, 0.1) is 5.69 Å². The van der Waals surface area contributed by atoms with Crippen LogP contribution < -0.4 is 10.2 Å². The molecule has 4 amide bonds. The quantitative estimate of drug-likeness (QED) is 0.509. The molecule has 0 aliphatic carbocycles. The minimum absolute atomic E-state index is 0.161. The van der Waals surface area contributed by atoms with Crippen LogP contribution in [0.15, 0.2) is 72.4 Å². The number of amides is 4. The van der Waals surface area contributed by atoms with Gasteiger partial charge in [0.25, 0.3) is 11.8 Å². The van der Waals surface area contributed by atoms with Crippen LogP contribution in [0.4, 0.5) is 14.9 Å². The smallest absolute Gasteiger partial charge is 0.335 e. The summed E-state index contributed by atoms with van der Waals surface area (Å²) in [5.74, 6) is -2.08. The number of anilines is 1. The average Bonchev–Trinajstić information content (AvgIpc) is 3.15. The molecule has 1 aliphatic rings. The van der Waals surface area contributed by atoms with Crippen molar-refractivity contribution >= 4 is 41.2 Å². The molecule has 2 aromatic carbocycles. The highest BCUT2D eigenvalue weighted by molar-refractivity contribution is 6.39. The largest absolute Gasteiger partial charge is 0.344 e. The number of imide groups is 2. The van der Waals surface area contributed by atoms with Gasteiger partial charge in [-0.05, 0) is 60.2 Å². The standard InChI is InChI=1S/C22H15ClFN3O3/c23-15-5-3-14(4-6-15)13-26-11-1-2-18(26)12-19-20(28)25-22(30)27(21(19)29)17-9-7-16(24)8-10-17/h1-12H,13H2,(H,25,28,30). The van der Waals surface area contributed by atoms with Gasteiger partial charge in [0.1, 0.15) is 11.4 Å². The fourth-order valence-electron chi connectivity index (χ4n) is 3.12. The van der Waals surface area contributed by atoms with Crippen LogP contribution in [-0.2, 0) is 16.1 Å². The molecule has 6 nitrogen and oxygen atoms in total. The van der Waals surface area contributed by atoms with E-state index in [2.05, 4.69) is 5.32 Å². The second kappa shape index (κ2) is 7.96. The van der Waals surface area contributed by atoms with Crippen LogP contribution in [0, 0.1) is 5.82 Å². The molecule has 0 unspecified atom stereocenters. The molecule has 150 valence electrons. The van der Waals surface area contributed by atoms with Crippen molar-refractivity contribution in [1.82, 2.24) is 9.88 Å². The van der Waals surface area contributed by atoms with E-state index < -0.39 is 23.7 Å². The van der Waals surface area contributed by atoms with Crippen molar-refractivity contribution in [2.75, 3.05) is 4.90 Å². The monoisotopic (exact) mass is 423 g/mol. The van der Waals surface area contributed by atoms with Gasteiger partial charge in [-0.3, -0.25) is 14.9 Å². The topological polar surface area (TPSA) is 71.4 Å². The number of urea groups is 1. The van der Waals surface area contributed by atoms with Crippen LogP contribution in [0.5, 0.6) is 0 Å². The Bertz CT molecular complexity index is 1170. The van der Waals surface area contributed by atoms with Gasteiger partial charge in [0.2, 0.25) is 0 Å². The SMILES string of the molecule is O=C1NC(=O)N(c2ccc(F)cc2)C(=O)C1=Cc1cccn1Cc1ccc(Cl)cc1. The number of barbiturate groups is 1. The minimum Gasteiger partial charge on any atom is -0.344 e. The molecule has 1 fully saturated rings. The molecule has 3 aromatic rings. The van der Waals surface area contributed by atoms with Crippen LogP contribution >= 0.6 is 11.6 Å². The number of aromatic nitrogens is 1. The van der Waals surface area contributed by atoms with E-state index in [1.165, 1.54) is 18.2 Å². The van der Waals surface area contributed by atoms with Crippen LogP contribution in [0.3, 0.4) is 0 Å². The van der Waals surface area contributed by atoms with Gasteiger partial charge < -0.3 is 4.57 Å². The summed E-state index contributed by atoms with van der Waals surface area (Å²) < 4.78 is 15.1. The van der Waals surface area contributed by atoms with E-state index in [4.69, 9.17) is 11.6 Å². The first-order valence-corrected chi connectivity index (χ1v) is 9.37. The van der Waals surface area contributed by atoms with Crippen molar-refractivity contribution in [3.63, 3.8) is 0 Å². The Balaban J connectivity index is 1.66. The number of benzene rings is 2. The predicted molar refractivity (Wildman–Crippen MR) is 110 cm³/mol. The van der Waals surface area contributed by atoms with Crippen molar-refractivity contribution in [1.29, 1.82) is 0 Å². The van der Waals surface area contributed by atoms with Crippen molar-refractivity contribution in [3.05, 3.63) is 94.5 Å². The van der Waals surface area contributed by atoms with E-state index >= 15 is 0 Å². The lowest BCUT2D eigenvalue weighted by Crippen LogP contribution is -2.54. The van der Waals surface area contributed by atoms with Crippen molar-refractivity contribution < 1.29 is 18.8 Å². The number of carbonyl (C=O) groups is 3. The third-order valence-corrected chi connectivity index (χ3v) is 4.86. The lowest BCUT2D eigenvalue weighted by Gasteiger charge is -2.26. The number of halogens is 2. The lowest BCUT2D eigenvalue weighted by molar-refractivity contribution is -0.122. The molecule has 1 aliphatic heterocycles. The molecule has 0 saturated carbocycles. The summed E-state index contributed by atoms with van der Waals surface area (Å²) in [6.45, 7) is 0.500. The second-order valence-corrected chi connectivity index (χ2v) is 7.06. The van der Waals surface area contributed by atoms with Gasteiger partial charge in [-0.2, -0.15) is 0 Å². The molecule has 2 heterocycles. The summed E-state index contributed by atoms with van der Waals surface area (Å²) in [6, 6.07) is 14.8. The Kier molecular flexibility index (Phi) is 5.20. The van der Waals surface area contributed by atoms with Crippen molar-refractivity contribution in [2.45, 2.75) is 6.54 Å². The molecule has 1 saturated heterocycles. The fourth-order valence-corrected chi connectivity index (χ4v) is 3.24. The third kappa shape index (κ3) is 3.88. The summed E-state index contributed by atoms with van der Waals surface area (Å²) in [5, 5.41) is 2.78. The van der Waals surface area contributed by atoms with E-state index in [0.717, 1.165) is 22.6 Å². The van der Waals surface area contributed by atoms with E-state index in [0.29, 0.717) is 17.3 Å². The van der Waals surface area contributed by atoms with Gasteiger partial charge in [-0.15, -0.1) is 0 Å². The Morgan fingerprint density at radius 1 is 0.967 bits per heavy atom. The second-order valence-electron chi connectivity index (χ2n) is 6.62. The first kappa shape index (κ1) is 19.6. The Hall–Kier alpha value is -3.71. The summed E-state index contributed by atoms with van der Waals surface area (Å²) in [7, 11) is 0. The first-order valence-electron chi connectivity index (χ1n) is 8.99. The highest BCUT2D eigenvalue weighted by Gasteiger charge is 2.36. The minimum atomic E-state index is -0.884. The van der Waals surface area contributed by atoms with Gasteiger partial charge in [0, 0.05) is 23.5 Å². The molecule has 0 spiro atoms. The number of carbonyl (C=O) groups excluding carboxylic acids is 3. The van der Waals surface area contributed by atoms with Crippen molar-refractivity contribution in [2.24, 2.45) is 0 Å². The summed E-state index contributed by atoms with van der Waals surface area (Å²) in [6.07, 6.45) is 3.24. The van der Waals surface area contributed by atoms with Crippen LogP contribution in [0.1, 0.15) is 11.3 Å². The number of nitrogens with zero attached hydrogens (tertiary/aromatic N) is 2. The molecule has 0 radical (unpaired) electrons. The molecular weight excluding hydrogens is 409 g/mol. The van der Waals surface area contributed by atoms with Crippen molar-refractivity contribution in [3.8, 4) is 0 Å². The maximum Gasteiger partial charge on any atom is 0.335 e. The van der Waals surface area contributed by atoms with Gasteiger partial charge in [-0.1, -0.05) is 23.7 Å². The van der Waals surface area contributed by atoms with E-state index in [-0.39, 0.29) is 11.3 Å². The van der Waals surface area contributed by atoms with E-state index in [1.54, 1.807) is 24.3 Å². The molecule has 4 rings (SSSR count). The molecule has 1 aromatic heterocycles. The Morgan fingerprint density at radius 2 is 1.67 bits per heavy atom. The summed E-state index contributed by atoms with van der Waals surface area (Å²) in [4.78, 5) is 38.3. The molecule has 8 heteroatoms. The van der Waals surface area contributed by atoms with Gasteiger partial charge >= 0.3 is 6.03 Å². The van der Waals surface area contributed by atoms with Gasteiger partial charge in [0.15, 0.2) is 0 Å². The van der Waals surface area contributed by atoms with Crippen LogP contribution in [0.25, 0.3) is 6.08 Å². The Labute approximate surface area is 176 Å². The number of hydrogen-bond donors (Lipinski definition) is 1. The predicted octanol–water partition coefficient (Wildman–Crippen LogP) is 4.00. The number of hydrogen-bond acceptors (Lipinski definition) is 3. The van der Waals surface area contributed by atoms with E-state index in [1.807, 2.05) is 22.9 Å². The summed E-state index contributed by atoms with van der Waals surface area (Å²) in [5.41, 5.74) is 1.55. The highest BCUT2D eigenvalue weighted by Crippen LogP contribution is 2.22. The first-order chi connectivity index (χ1) is 14.4. The van der Waals surface area contributed by atoms with Crippen LogP contribution in [0.2, 0.25) is 5.02 Å². The van der Waals surface area contributed by atoms with E-state index in [9.17, 15) is 18.8 Å². The molecule has 1 N–H and O–H groups in total.